The zero-order valence-corrected chi connectivity index (χ0v) is 14.5. The molecule has 128 valence electrons. The summed E-state index contributed by atoms with van der Waals surface area (Å²) in [5, 5.41) is 18.3. The Morgan fingerprint density at radius 3 is 2.83 bits per heavy atom. The Morgan fingerprint density at radius 2 is 2.12 bits per heavy atom. The number of aromatic nitrogens is 2. The first-order valence-electron chi connectivity index (χ1n) is 8.30. The van der Waals surface area contributed by atoms with Crippen LogP contribution < -0.4 is 5.32 Å². The van der Waals surface area contributed by atoms with Crippen molar-refractivity contribution in [3.05, 3.63) is 46.7 Å². The zero-order valence-electron chi connectivity index (χ0n) is 13.8. The summed E-state index contributed by atoms with van der Waals surface area (Å²) in [7, 11) is 0. The second-order valence-electron chi connectivity index (χ2n) is 6.50. The molecule has 0 unspecified atom stereocenters. The normalized spacial score (nSPS) is 16.8. The van der Waals surface area contributed by atoms with Crippen molar-refractivity contribution in [3.63, 3.8) is 0 Å². The fourth-order valence-electron chi connectivity index (χ4n) is 3.23. The lowest BCUT2D eigenvalue weighted by Crippen LogP contribution is -2.44. The maximum absolute atomic E-state index is 12.5. The smallest absolute Gasteiger partial charge is 0.254 e. The van der Waals surface area contributed by atoms with Crippen LogP contribution in [0, 0.1) is 6.92 Å². The summed E-state index contributed by atoms with van der Waals surface area (Å²) in [6, 6.07) is 7.33. The molecule has 24 heavy (non-hydrogen) atoms. The van der Waals surface area contributed by atoms with Crippen LogP contribution in [-0.4, -0.2) is 32.9 Å². The highest BCUT2D eigenvalue weighted by atomic mass is 35.5. The molecule has 0 bridgehead atoms. The predicted molar refractivity (Wildman–Crippen MR) is 93.7 cm³/mol. The summed E-state index contributed by atoms with van der Waals surface area (Å²) in [6.45, 7) is 2.13. The van der Waals surface area contributed by atoms with Crippen LogP contribution in [0.25, 0.3) is 5.69 Å². The Kier molecular flexibility index (Phi) is 4.92. The molecular formula is C18H22ClN3O2. The number of halogens is 1. The first kappa shape index (κ1) is 17.0. The Bertz CT molecular complexity index is 736. The van der Waals surface area contributed by atoms with E-state index < -0.39 is 5.60 Å². The lowest BCUT2D eigenvalue weighted by Gasteiger charge is -2.32. The average molecular weight is 348 g/mol. The number of aliphatic hydroxyl groups is 1. The highest BCUT2D eigenvalue weighted by molar-refractivity contribution is 6.30. The third-order valence-corrected chi connectivity index (χ3v) is 4.90. The van der Waals surface area contributed by atoms with Gasteiger partial charge in [0.1, 0.15) is 0 Å². The number of benzene rings is 1. The van der Waals surface area contributed by atoms with Gasteiger partial charge in [-0.3, -0.25) is 4.79 Å². The molecule has 0 spiro atoms. The molecule has 0 radical (unpaired) electrons. The molecule has 5 nitrogen and oxygen atoms in total. The zero-order chi connectivity index (χ0) is 17.2. The summed E-state index contributed by atoms with van der Waals surface area (Å²) in [5.41, 5.74) is 1.29. The van der Waals surface area contributed by atoms with E-state index >= 15 is 0 Å². The Hall–Kier alpha value is -1.85. The minimum atomic E-state index is -0.773. The van der Waals surface area contributed by atoms with E-state index in [0.29, 0.717) is 10.6 Å². The van der Waals surface area contributed by atoms with Gasteiger partial charge in [0.25, 0.3) is 5.91 Å². The maximum Gasteiger partial charge on any atom is 0.254 e. The summed E-state index contributed by atoms with van der Waals surface area (Å²) in [5.74, 6) is -0.209. The van der Waals surface area contributed by atoms with Crippen molar-refractivity contribution < 1.29 is 9.90 Å². The minimum absolute atomic E-state index is 0.209. The quantitative estimate of drug-likeness (QED) is 0.892. The van der Waals surface area contributed by atoms with Crippen LogP contribution in [0.1, 0.15) is 48.2 Å². The molecule has 0 aliphatic heterocycles. The molecule has 0 atom stereocenters. The summed E-state index contributed by atoms with van der Waals surface area (Å²) >= 11 is 6.02. The second-order valence-corrected chi connectivity index (χ2v) is 6.94. The number of hydrogen-bond acceptors (Lipinski definition) is 3. The molecule has 6 heteroatoms. The van der Waals surface area contributed by atoms with E-state index in [1.807, 2.05) is 19.1 Å². The molecular weight excluding hydrogens is 326 g/mol. The van der Waals surface area contributed by atoms with Gasteiger partial charge in [-0.25, -0.2) is 4.68 Å². The number of nitrogens with zero attached hydrogens (tertiary/aromatic N) is 2. The van der Waals surface area contributed by atoms with Crippen molar-refractivity contribution in [1.82, 2.24) is 15.1 Å². The van der Waals surface area contributed by atoms with Crippen LogP contribution in [0.3, 0.4) is 0 Å². The van der Waals surface area contributed by atoms with Crippen LogP contribution in [0.4, 0.5) is 0 Å². The first-order chi connectivity index (χ1) is 11.5. The fourth-order valence-corrected chi connectivity index (χ4v) is 3.41. The number of carbonyl (C=O) groups excluding carboxylic acids is 1. The van der Waals surface area contributed by atoms with Gasteiger partial charge in [-0.15, -0.1) is 0 Å². The molecule has 1 saturated carbocycles. The molecule has 2 aromatic rings. The van der Waals surface area contributed by atoms with Crippen LogP contribution in [0.2, 0.25) is 5.02 Å². The van der Waals surface area contributed by atoms with Crippen molar-refractivity contribution in [1.29, 1.82) is 0 Å². The van der Waals surface area contributed by atoms with E-state index in [4.69, 9.17) is 11.6 Å². The molecule has 0 saturated heterocycles. The number of carbonyl (C=O) groups is 1. The molecule has 3 rings (SSSR count). The summed E-state index contributed by atoms with van der Waals surface area (Å²) < 4.78 is 1.69. The highest BCUT2D eigenvalue weighted by Gasteiger charge is 2.30. The lowest BCUT2D eigenvalue weighted by molar-refractivity contribution is 0.00525. The minimum Gasteiger partial charge on any atom is -0.388 e. The molecule has 1 aromatic carbocycles. The van der Waals surface area contributed by atoms with Crippen molar-refractivity contribution in [3.8, 4) is 5.69 Å². The molecule has 2 N–H and O–H groups in total. The van der Waals surface area contributed by atoms with Crippen molar-refractivity contribution >= 4 is 17.5 Å². The molecule has 1 aliphatic carbocycles. The Morgan fingerprint density at radius 1 is 1.38 bits per heavy atom. The van der Waals surface area contributed by atoms with Crippen molar-refractivity contribution in [2.24, 2.45) is 0 Å². The second kappa shape index (κ2) is 6.95. The molecule has 1 heterocycles. The average Bonchev–Trinajstić information content (AvgIpc) is 2.95. The van der Waals surface area contributed by atoms with Crippen LogP contribution in [-0.2, 0) is 0 Å². The van der Waals surface area contributed by atoms with Crippen LogP contribution >= 0.6 is 11.6 Å². The van der Waals surface area contributed by atoms with E-state index in [1.54, 1.807) is 23.0 Å². The van der Waals surface area contributed by atoms with Crippen molar-refractivity contribution in [2.75, 3.05) is 6.54 Å². The molecule has 1 fully saturated rings. The summed E-state index contributed by atoms with van der Waals surface area (Å²) in [6.07, 6.45) is 6.22. The van der Waals surface area contributed by atoms with Gasteiger partial charge in [0.05, 0.1) is 28.7 Å². The van der Waals surface area contributed by atoms with Crippen LogP contribution in [0.5, 0.6) is 0 Å². The third-order valence-electron chi connectivity index (χ3n) is 4.67. The largest absolute Gasteiger partial charge is 0.388 e. The van der Waals surface area contributed by atoms with Gasteiger partial charge < -0.3 is 10.4 Å². The molecule has 1 aliphatic rings. The molecule has 1 aromatic heterocycles. The van der Waals surface area contributed by atoms with Gasteiger partial charge in [-0.2, -0.15) is 5.10 Å². The van der Waals surface area contributed by atoms with E-state index in [0.717, 1.165) is 43.5 Å². The monoisotopic (exact) mass is 347 g/mol. The fraction of sp³-hybridized carbons (Fsp3) is 0.444. The predicted octanol–water partition coefficient (Wildman–Crippen LogP) is 3.26. The number of hydrogen-bond donors (Lipinski definition) is 2. The number of nitrogens with one attached hydrogen (secondary N) is 1. The van der Waals surface area contributed by atoms with Gasteiger partial charge in [-0.05, 0) is 38.0 Å². The summed E-state index contributed by atoms with van der Waals surface area (Å²) in [4.78, 5) is 12.5. The maximum atomic E-state index is 12.5. The van der Waals surface area contributed by atoms with E-state index in [1.165, 1.54) is 0 Å². The van der Waals surface area contributed by atoms with E-state index in [9.17, 15) is 9.90 Å². The SMILES string of the molecule is Cc1c(C(=O)NCC2(O)CCCCC2)cnn1-c1cccc(Cl)c1. The van der Waals surface area contributed by atoms with Gasteiger partial charge in [0.15, 0.2) is 0 Å². The Labute approximate surface area is 146 Å². The first-order valence-corrected chi connectivity index (χ1v) is 8.67. The lowest BCUT2D eigenvalue weighted by atomic mass is 9.85. The van der Waals surface area contributed by atoms with E-state index in [-0.39, 0.29) is 12.5 Å². The van der Waals surface area contributed by atoms with Gasteiger partial charge in [-0.1, -0.05) is 36.9 Å². The third kappa shape index (κ3) is 3.62. The van der Waals surface area contributed by atoms with Gasteiger partial charge in [0.2, 0.25) is 0 Å². The molecule has 1 amide bonds. The number of amides is 1. The van der Waals surface area contributed by atoms with Gasteiger partial charge in [0, 0.05) is 11.6 Å². The topological polar surface area (TPSA) is 67.2 Å². The number of rotatable bonds is 4. The van der Waals surface area contributed by atoms with Crippen molar-refractivity contribution in [2.45, 2.75) is 44.6 Å². The highest BCUT2D eigenvalue weighted by Crippen LogP contribution is 2.27. The van der Waals surface area contributed by atoms with Gasteiger partial charge >= 0.3 is 0 Å². The standard InChI is InChI=1S/C18H22ClN3O2/c1-13-16(11-21-22(13)15-7-5-6-14(19)10-15)17(23)20-12-18(24)8-3-2-4-9-18/h5-7,10-11,24H,2-4,8-9,12H2,1H3,(H,20,23). The van der Waals surface area contributed by atoms with Crippen LogP contribution in [0.15, 0.2) is 30.5 Å². The van der Waals surface area contributed by atoms with E-state index in [2.05, 4.69) is 10.4 Å². The Balaban J connectivity index is 1.72.